The van der Waals surface area contributed by atoms with E-state index in [4.69, 9.17) is 9.47 Å². The van der Waals surface area contributed by atoms with Crippen molar-refractivity contribution in [3.8, 4) is 11.5 Å². The summed E-state index contributed by atoms with van der Waals surface area (Å²) < 4.78 is 13.1. The van der Waals surface area contributed by atoms with Crippen molar-refractivity contribution in [1.29, 1.82) is 0 Å². The largest absolute Gasteiger partial charge is 0.490 e. The zero-order valence-corrected chi connectivity index (χ0v) is 20.9. The second-order valence-corrected chi connectivity index (χ2v) is 9.43. The van der Waals surface area contributed by atoms with Crippen molar-refractivity contribution < 1.29 is 19.4 Å². The zero-order chi connectivity index (χ0) is 23.9. The number of rotatable bonds is 9. The molecule has 0 amide bonds. The van der Waals surface area contributed by atoms with Crippen LogP contribution in [0.4, 0.5) is 0 Å². The van der Waals surface area contributed by atoms with Gasteiger partial charge in [0.1, 0.15) is 6.61 Å². The fraction of sp³-hybridized carbons (Fsp3) is 0.321. The Kier molecular flexibility index (Phi) is 8.25. The maximum Gasteiger partial charge on any atom is 0.306 e. The molecule has 1 heterocycles. The summed E-state index contributed by atoms with van der Waals surface area (Å²) in [6.45, 7) is 4.44. The summed E-state index contributed by atoms with van der Waals surface area (Å²) >= 11 is 3.53. The van der Waals surface area contributed by atoms with Crippen molar-refractivity contribution in [3.05, 3.63) is 94.0 Å². The average Bonchev–Trinajstić information content (AvgIpc) is 2.86. The van der Waals surface area contributed by atoms with Gasteiger partial charge in [-0.25, -0.2) is 0 Å². The topological polar surface area (TPSA) is 59.0 Å². The van der Waals surface area contributed by atoms with Crippen LogP contribution in [0.25, 0.3) is 0 Å². The van der Waals surface area contributed by atoms with E-state index in [9.17, 15) is 9.90 Å². The molecule has 6 heteroatoms. The van der Waals surface area contributed by atoms with Gasteiger partial charge in [0.05, 0.1) is 18.6 Å². The maximum atomic E-state index is 11.5. The molecule has 3 aromatic rings. The van der Waals surface area contributed by atoms with Crippen molar-refractivity contribution in [2.75, 3.05) is 19.7 Å². The molecule has 0 saturated carbocycles. The van der Waals surface area contributed by atoms with Crippen LogP contribution in [0.2, 0.25) is 0 Å². The molecule has 5 nitrogen and oxygen atoms in total. The first kappa shape index (κ1) is 24.3. The number of hydrogen-bond acceptors (Lipinski definition) is 4. The summed E-state index contributed by atoms with van der Waals surface area (Å²) in [6, 6.07) is 24.6. The Labute approximate surface area is 209 Å². The van der Waals surface area contributed by atoms with E-state index in [2.05, 4.69) is 45.1 Å². The summed E-state index contributed by atoms with van der Waals surface area (Å²) in [5, 5.41) is 9.43. The summed E-state index contributed by atoms with van der Waals surface area (Å²) in [7, 11) is 0. The number of carboxylic acid groups (broad SMARTS) is 1. The molecule has 0 aliphatic carbocycles. The lowest BCUT2D eigenvalue weighted by Crippen LogP contribution is -2.39. The van der Waals surface area contributed by atoms with Crippen LogP contribution in [-0.4, -0.2) is 35.7 Å². The first-order valence-electron chi connectivity index (χ1n) is 11.7. The van der Waals surface area contributed by atoms with Crippen molar-refractivity contribution in [1.82, 2.24) is 4.90 Å². The lowest BCUT2D eigenvalue weighted by Gasteiger charge is -2.37. The number of hydrogen-bond donors (Lipinski definition) is 1. The van der Waals surface area contributed by atoms with Crippen LogP contribution in [0.3, 0.4) is 0 Å². The third-order valence-corrected chi connectivity index (χ3v) is 6.78. The zero-order valence-electron chi connectivity index (χ0n) is 19.3. The summed E-state index contributed by atoms with van der Waals surface area (Å²) in [5.41, 5.74) is 3.37. The molecule has 1 unspecified atom stereocenters. The normalized spacial score (nSPS) is 15.6. The van der Waals surface area contributed by atoms with Gasteiger partial charge in [0, 0.05) is 4.47 Å². The van der Waals surface area contributed by atoms with Crippen molar-refractivity contribution in [2.45, 2.75) is 32.4 Å². The number of likely N-dealkylation sites (tertiary alicyclic amines) is 1. The predicted molar refractivity (Wildman–Crippen MR) is 136 cm³/mol. The Morgan fingerprint density at radius 1 is 0.971 bits per heavy atom. The van der Waals surface area contributed by atoms with Crippen molar-refractivity contribution in [2.24, 2.45) is 5.92 Å². The molecule has 1 aliphatic heterocycles. The summed E-state index contributed by atoms with van der Waals surface area (Å²) in [4.78, 5) is 13.8. The van der Waals surface area contributed by atoms with Gasteiger partial charge in [0.15, 0.2) is 11.5 Å². The fourth-order valence-corrected chi connectivity index (χ4v) is 4.75. The maximum absolute atomic E-state index is 11.5. The van der Waals surface area contributed by atoms with Crippen LogP contribution in [0.15, 0.2) is 77.3 Å². The third-order valence-electron chi connectivity index (χ3n) is 6.25. The summed E-state index contributed by atoms with van der Waals surface area (Å²) in [6.07, 6.45) is 1.30. The summed E-state index contributed by atoms with van der Waals surface area (Å²) in [5.74, 6) is 0.472. The number of carbonyl (C=O) groups is 1. The lowest BCUT2D eigenvalue weighted by molar-refractivity contribution is -0.143. The van der Waals surface area contributed by atoms with E-state index in [0.717, 1.165) is 40.0 Å². The second kappa shape index (κ2) is 11.5. The molecule has 0 bridgehead atoms. The molecular weight excluding hydrogens is 494 g/mol. The van der Waals surface area contributed by atoms with E-state index < -0.39 is 5.97 Å². The Hall–Kier alpha value is -2.83. The number of halogens is 1. The van der Waals surface area contributed by atoms with Gasteiger partial charge < -0.3 is 14.6 Å². The highest BCUT2D eigenvalue weighted by atomic mass is 79.9. The van der Waals surface area contributed by atoms with Crippen LogP contribution < -0.4 is 9.47 Å². The molecule has 178 valence electrons. The van der Waals surface area contributed by atoms with Gasteiger partial charge in [0.25, 0.3) is 0 Å². The molecule has 3 aromatic carbocycles. The molecular formula is C28H30BrNO4. The number of aliphatic carboxylic acids is 1. The molecule has 34 heavy (non-hydrogen) atoms. The standard InChI is InChI=1S/C28H30BrNO4/c1-2-33-26-18-23(10-13-25(26)34-19-20-6-4-3-5-7-20)27(21-8-11-24(29)12-9-21)30-16-14-22(15-17-30)28(31)32/h3-13,18,22,27H,2,14-17,19H2,1H3,(H,31,32). The fourth-order valence-electron chi connectivity index (χ4n) is 4.48. The third kappa shape index (κ3) is 5.99. The molecule has 1 fully saturated rings. The monoisotopic (exact) mass is 523 g/mol. The van der Waals surface area contributed by atoms with E-state index >= 15 is 0 Å². The molecule has 0 spiro atoms. The second-order valence-electron chi connectivity index (χ2n) is 8.52. The highest BCUT2D eigenvalue weighted by molar-refractivity contribution is 9.10. The first-order chi connectivity index (χ1) is 16.5. The van der Waals surface area contributed by atoms with Crippen LogP contribution in [0.5, 0.6) is 11.5 Å². The molecule has 0 aromatic heterocycles. The highest BCUT2D eigenvalue weighted by Crippen LogP contribution is 2.38. The Morgan fingerprint density at radius 3 is 2.29 bits per heavy atom. The van der Waals surface area contributed by atoms with Crippen molar-refractivity contribution >= 4 is 21.9 Å². The minimum atomic E-state index is -0.696. The average molecular weight is 524 g/mol. The van der Waals surface area contributed by atoms with E-state index in [1.165, 1.54) is 0 Å². The van der Waals surface area contributed by atoms with Crippen LogP contribution in [0.1, 0.15) is 42.5 Å². The molecule has 1 N–H and O–H groups in total. The Morgan fingerprint density at radius 2 is 1.65 bits per heavy atom. The van der Waals surface area contributed by atoms with Gasteiger partial charge in [-0.3, -0.25) is 9.69 Å². The number of nitrogens with zero attached hydrogens (tertiary/aromatic N) is 1. The number of carboxylic acids is 1. The highest BCUT2D eigenvalue weighted by Gasteiger charge is 2.30. The minimum absolute atomic E-state index is 0.00484. The van der Waals surface area contributed by atoms with Gasteiger partial charge in [-0.1, -0.05) is 64.5 Å². The SMILES string of the molecule is CCOc1cc(C(c2ccc(Br)cc2)N2CCC(C(=O)O)CC2)ccc1OCc1ccccc1. The van der Waals surface area contributed by atoms with E-state index in [-0.39, 0.29) is 12.0 Å². The quantitative estimate of drug-likeness (QED) is 0.356. The minimum Gasteiger partial charge on any atom is -0.490 e. The van der Waals surface area contributed by atoms with Crippen LogP contribution >= 0.6 is 15.9 Å². The number of piperidine rings is 1. The van der Waals surface area contributed by atoms with Crippen LogP contribution in [-0.2, 0) is 11.4 Å². The van der Waals surface area contributed by atoms with Gasteiger partial charge in [0.2, 0.25) is 0 Å². The molecule has 0 radical (unpaired) electrons. The molecule has 4 rings (SSSR count). The Balaban J connectivity index is 1.62. The van der Waals surface area contributed by atoms with Gasteiger partial charge in [-0.05, 0) is 73.8 Å². The van der Waals surface area contributed by atoms with Gasteiger partial charge in [-0.15, -0.1) is 0 Å². The predicted octanol–water partition coefficient (Wildman–Crippen LogP) is 6.31. The molecule has 1 atom stereocenters. The molecule has 1 aliphatic rings. The number of benzene rings is 3. The first-order valence-corrected chi connectivity index (χ1v) is 12.5. The smallest absolute Gasteiger partial charge is 0.306 e. The van der Waals surface area contributed by atoms with E-state index in [1.54, 1.807) is 0 Å². The van der Waals surface area contributed by atoms with Crippen LogP contribution in [0, 0.1) is 5.92 Å². The van der Waals surface area contributed by atoms with Gasteiger partial charge in [-0.2, -0.15) is 0 Å². The van der Waals surface area contributed by atoms with Gasteiger partial charge >= 0.3 is 5.97 Å². The van der Waals surface area contributed by atoms with Crippen molar-refractivity contribution in [3.63, 3.8) is 0 Å². The van der Waals surface area contributed by atoms with E-state index in [1.807, 2.05) is 55.5 Å². The molecule has 1 saturated heterocycles. The lowest BCUT2D eigenvalue weighted by atomic mass is 9.91. The van der Waals surface area contributed by atoms with E-state index in [0.29, 0.717) is 31.8 Å². The Bertz CT molecular complexity index is 1080. The number of ether oxygens (including phenoxy) is 2.